The van der Waals surface area contributed by atoms with Crippen LogP contribution in [0.4, 0.5) is 0 Å². The molecule has 4 atom stereocenters. The number of rotatable bonds is 12. The third-order valence-electron chi connectivity index (χ3n) is 14.5. The van der Waals surface area contributed by atoms with Crippen LogP contribution in [0.25, 0.3) is 0 Å². The fraction of sp³-hybridized carbons (Fsp3) is 0.880. The van der Waals surface area contributed by atoms with E-state index in [2.05, 4.69) is 143 Å². The standard InChI is InChI=1S/C50H90N4O8/c1-43(2)25-21-35(31-47(9,10)51(43)55-17)59-39-29-41(61-37-23-27-45(5,6)53(57-19)49(13,14)33-37)42(62-38-24-28-46(7,8)54(58-20)50(15,16)34-38)30-40(39)60-36-22-26-44(3,4)52(56-18)48(11,12)32-36/h29-30,35-38H,21-28,31-34H2,1-20H3. The first-order valence-corrected chi connectivity index (χ1v) is 23.7. The molecule has 358 valence electrons. The summed E-state index contributed by atoms with van der Waals surface area (Å²) in [6.45, 7) is 36.1. The Labute approximate surface area is 377 Å². The number of benzene rings is 1. The van der Waals surface area contributed by atoms with E-state index in [-0.39, 0.29) is 68.7 Å². The molecule has 1 aromatic rings. The fourth-order valence-corrected chi connectivity index (χ4v) is 12.7. The lowest BCUT2D eigenvalue weighted by Crippen LogP contribution is -2.54. The van der Waals surface area contributed by atoms with Gasteiger partial charge in [0.15, 0.2) is 23.0 Å². The van der Waals surface area contributed by atoms with Crippen LogP contribution in [0.5, 0.6) is 23.0 Å². The van der Waals surface area contributed by atoms with Gasteiger partial charge in [-0.1, -0.05) is 0 Å². The van der Waals surface area contributed by atoms with Gasteiger partial charge < -0.3 is 38.3 Å². The maximum absolute atomic E-state index is 7.28. The first-order valence-electron chi connectivity index (χ1n) is 23.7. The van der Waals surface area contributed by atoms with Crippen LogP contribution in [-0.2, 0) is 19.4 Å². The molecule has 0 amide bonds. The highest BCUT2D eigenvalue weighted by Gasteiger charge is 2.48. The van der Waals surface area contributed by atoms with Gasteiger partial charge in [0, 0.05) is 82.1 Å². The number of nitrogens with zero attached hydrogens (tertiary/aromatic N) is 4. The van der Waals surface area contributed by atoms with Gasteiger partial charge in [0.05, 0.1) is 28.4 Å². The number of hydroxylamine groups is 8. The highest BCUT2D eigenvalue weighted by Crippen LogP contribution is 2.49. The van der Waals surface area contributed by atoms with E-state index in [0.29, 0.717) is 23.0 Å². The zero-order valence-electron chi connectivity index (χ0n) is 43.0. The first kappa shape index (κ1) is 51.1. The van der Waals surface area contributed by atoms with E-state index in [1.807, 2.05) is 0 Å². The molecule has 0 aliphatic carbocycles. The van der Waals surface area contributed by atoms with Gasteiger partial charge in [-0.2, -0.15) is 20.3 Å². The molecule has 4 aliphatic rings. The van der Waals surface area contributed by atoms with E-state index in [1.165, 1.54) is 0 Å². The smallest absolute Gasteiger partial charge is 0.165 e. The Hall–Kier alpha value is -1.90. The molecule has 12 heteroatoms. The summed E-state index contributed by atoms with van der Waals surface area (Å²) in [6, 6.07) is 4.17. The van der Waals surface area contributed by atoms with Crippen molar-refractivity contribution in [2.75, 3.05) is 28.4 Å². The van der Waals surface area contributed by atoms with Gasteiger partial charge >= 0.3 is 0 Å². The van der Waals surface area contributed by atoms with Crippen molar-refractivity contribution in [3.8, 4) is 23.0 Å². The molecule has 1 aromatic carbocycles. The highest BCUT2D eigenvalue weighted by molar-refractivity contribution is 5.55. The minimum absolute atomic E-state index is 0.0994. The molecular weight excluding hydrogens is 785 g/mol. The fourth-order valence-electron chi connectivity index (χ4n) is 12.7. The molecule has 0 N–H and O–H groups in total. The molecule has 0 radical (unpaired) electrons. The average molecular weight is 875 g/mol. The Morgan fingerprint density at radius 2 is 0.500 bits per heavy atom. The summed E-state index contributed by atoms with van der Waals surface area (Å²) >= 11 is 0. The van der Waals surface area contributed by atoms with Crippen molar-refractivity contribution in [2.24, 2.45) is 0 Å². The molecular formula is C50H90N4O8. The second-order valence-corrected chi connectivity index (χ2v) is 24.1. The maximum Gasteiger partial charge on any atom is 0.165 e. The molecule has 0 spiro atoms. The molecule has 4 heterocycles. The van der Waals surface area contributed by atoms with Crippen LogP contribution in [-0.4, -0.2) is 117 Å². The molecule has 5 rings (SSSR count). The van der Waals surface area contributed by atoms with Crippen molar-refractivity contribution in [2.45, 2.75) is 257 Å². The first-order chi connectivity index (χ1) is 28.4. The Morgan fingerprint density at radius 3 is 0.661 bits per heavy atom. The van der Waals surface area contributed by atoms with Crippen LogP contribution >= 0.6 is 0 Å². The van der Waals surface area contributed by atoms with Gasteiger partial charge in [-0.15, -0.1) is 0 Å². The molecule has 0 saturated carbocycles. The number of ether oxygens (including phenoxy) is 4. The van der Waals surface area contributed by atoms with Crippen LogP contribution in [0.1, 0.15) is 188 Å². The van der Waals surface area contributed by atoms with Crippen molar-refractivity contribution < 1.29 is 38.3 Å². The van der Waals surface area contributed by atoms with Crippen LogP contribution in [0.3, 0.4) is 0 Å². The minimum Gasteiger partial charge on any atom is -0.486 e. The van der Waals surface area contributed by atoms with Crippen LogP contribution in [0.15, 0.2) is 12.1 Å². The SMILES string of the molecule is CON1C(C)(C)CCC(Oc2cc(OC3CCC(C)(C)N(OC)C(C)(C)C3)c(OC3CCC(C)(C)N(OC)C(C)(C)C3)cc2OC2CCC(C)(C)N(OC)C(C)(C)C2)CC1(C)C. The van der Waals surface area contributed by atoms with Crippen LogP contribution < -0.4 is 18.9 Å². The molecule has 0 aromatic heterocycles. The van der Waals surface area contributed by atoms with E-state index in [0.717, 1.165) is 77.0 Å². The predicted octanol–water partition coefficient (Wildman–Crippen LogP) is 11.1. The Bertz CT molecular complexity index is 1420. The Balaban J connectivity index is 1.64. The lowest BCUT2D eigenvalue weighted by atomic mass is 9.95. The van der Waals surface area contributed by atoms with Crippen LogP contribution in [0.2, 0.25) is 0 Å². The third-order valence-corrected chi connectivity index (χ3v) is 14.5. The number of hydrogen-bond acceptors (Lipinski definition) is 12. The van der Waals surface area contributed by atoms with E-state index in [9.17, 15) is 0 Å². The lowest BCUT2D eigenvalue weighted by Gasteiger charge is -2.45. The van der Waals surface area contributed by atoms with E-state index < -0.39 is 0 Å². The Morgan fingerprint density at radius 1 is 0.323 bits per heavy atom. The molecule has 4 aliphatic heterocycles. The average Bonchev–Trinajstić information content (AvgIpc) is 3.36. The predicted molar refractivity (Wildman–Crippen MR) is 248 cm³/mol. The lowest BCUT2D eigenvalue weighted by molar-refractivity contribution is -0.246. The zero-order valence-corrected chi connectivity index (χ0v) is 43.0. The molecule has 4 unspecified atom stereocenters. The van der Waals surface area contributed by atoms with Crippen molar-refractivity contribution in [3.05, 3.63) is 12.1 Å². The summed E-state index contributed by atoms with van der Waals surface area (Å²) in [6.07, 6.45) is 9.75. The highest BCUT2D eigenvalue weighted by atomic mass is 16.7. The van der Waals surface area contributed by atoms with Gasteiger partial charge in [-0.3, -0.25) is 0 Å². The summed E-state index contributed by atoms with van der Waals surface area (Å²) in [7, 11) is 7.13. The second-order valence-electron chi connectivity index (χ2n) is 24.1. The van der Waals surface area contributed by atoms with Crippen molar-refractivity contribution in [1.82, 2.24) is 20.3 Å². The summed E-state index contributed by atoms with van der Waals surface area (Å²) in [5.74, 6) is 2.73. The van der Waals surface area contributed by atoms with Gasteiger partial charge in [0.1, 0.15) is 24.4 Å². The molecule has 4 fully saturated rings. The van der Waals surface area contributed by atoms with Gasteiger partial charge in [0.25, 0.3) is 0 Å². The summed E-state index contributed by atoms with van der Waals surface area (Å²) in [4.78, 5) is 24.3. The normalized spacial score (nSPS) is 31.2. The minimum atomic E-state index is -0.286. The zero-order chi connectivity index (χ0) is 46.5. The third kappa shape index (κ3) is 11.2. The molecule has 12 nitrogen and oxygen atoms in total. The second kappa shape index (κ2) is 18.4. The Kier molecular flexibility index (Phi) is 15.2. The van der Waals surface area contributed by atoms with Crippen molar-refractivity contribution in [1.29, 1.82) is 0 Å². The van der Waals surface area contributed by atoms with Crippen molar-refractivity contribution in [3.63, 3.8) is 0 Å². The molecule has 62 heavy (non-hydrogen) atoms. The van der Waals surface area contributed by atoms with E-state index >= 15 is 0 Å². The van der Waals surface area contributed by atoms with Gasteiger partial charge in [0.2, 0.25) is 0 Å². The monoisotopic (exact) mass is 875 g/mol. The summed E-state index contributed by atoms with van der Waals surface area (Å²) in [5.41, 5.74) is -1.85. The van der Waals surface area contributed by atoms with E-state index in [1.54, 1.807) is 28.4 Å². The van der Waals surface area contributed by atoms with Crippen LogP contribution in [0, 0.1) is 0 Å². The molecule has 0 bridgehead atoms. The van der Waals surface area contributed by atoms with Gasteiger partial charge in [-0.05, 0) is 162 Å². The quantitative estimate of drug-likeness (QED) is 0.200. The summed E-state index contributed by atoms with van der Waals surface area (Å²) < 4.78 is 29.1. The van der Waals surface area contributed by atoms with Gasteiger partial charge in [-0.25, -0.2) is 0 Å². The maximum atomic E-state index is 7.28. The summed E-state index contributed by atoms with van der Waals surface area (Å²) in [5, 5.41) is 8.62. The topological polar surface area (TPSA) is 86.8 Å². The number of hydrogen-bond donors (Lipinski definition) is 0. The van der Waals surface area contributed by atoms with E-state index in [4.69, 9.17) is 38.3 Å². The molecule has 4 saturated heterocycles. The van der Waals surface area contributed by atoms with Crippen molar-refractivity contribution >= 4 is 0 Å². The largest absolute Gasteiger partial charge is 0.486 e.